The Kier molecular flexibility index (Phi) is 3.77. The van der Waals surface area contributed by atoms with Gasteiger partial charge in [0.2, 0.25) is 0 Å². The van der Waals surface area contributed by atoms with Crippen molar-refractivity contribution < 1.29 is 14.6 Å². The van der Waals surface area contributed by atoms with Crippen LogP contribution in [-0.2, 0) is 17.8 Å². The molecule has 88 valence electrons. The lowest BCUT2D eigenvalue weighted by Crippen LogP contribution is -2.24. The van der Waals surface area contributed by atoms with Gasteiger partial charge in [0.25, 0.3) is 0 Å². The van der Waals surface area contributed by atoms with E-state index in [9.17, 15) is 5.11 Å². The van der Waals surface area contributed by atoms with Gasteiger partial charge in [-0.05, 0) is 23.3 Å². The molecule has 0 saturated carbocycles. The van der Waals surface area contributed by atoms with Gasteiger partial charge in [-0.15, -0.1) is 0 Å². The highest BCUT2D eigenvalue weighted by molar-refractivity contribution is 5.39. The van der Waals surface area contributed by atoms with E-state index in [1.165, 1.54) is 5.56 Å². The average molecular weight is 223 g/mol. The highest BCUT2D eigenvalue weighted by atomic mass is 16.5. The minimum absolute atomic E-state index is 0.234. The fourth-order valence-corrected chi connectivity index (χ4v) is 1.71. The summed E-state index contributed by atoms with van der Waals surface area (Å²) in [6, 6.07) is 6.05. The third kappa shape index (κ3) is 2.72. The minimum atomic E-state index is -0.572. The molecule has 3 N–H and O–H groups in total. The van der Waals surface area contributed by atoms with Gasteiger partial charge in [0.15, 0.2) is 0 Å². The summed E-state index contributed by atoms with van der Waals surface area (Å²) in [5.74, 6) is 0.978. The Labute approximate surface area is 95.0 Å². The Morgan fingerprint density at radius 2 is 2.38 bits per heavy atom. The molecule has 1 aliphatic heterocycles. The van der Waals surface area contributed by atoms with Crippen molar-refractivity contribution in [2.45, 2.75) is 19.1 Å². The summed E-state index contributed by atoms with van der Waals surface area (Å²) >= 11 is 0. The zero-order valence-electron chi connectivity index (χ0n) is 9.19. The minimum Gasteiger partial charge on any atom is -0.493 e. The predicted octanol–water partition coefficient (Wildman–Crippen LogP) is 0.458. The first-order valence-electron chi connectivity index (χ1n) is 5.50. The van der Waals surface area contributed by atoms with Gasteiger partial charge in [-0.3, -0.25) is 0 Å². The third-order valence-corrected chi connectivity index (χ3v) is 2.60. The second-order valence-corrected chi connectivity index (χ2v) is 3.95. The van der Waals surface area contributed by atoms with Gasteiger partial charge in [0, 0.05) is 13.0 Å². The lowest BCUT2D eigenvalue weighted by molar-refractivity contribution is 0.0329. The van der Waals surface area contributed by atoms with E-state index in [1.54, 1.807) is 0 Å². The van der Waals surface area contributed by atoms with E-state index in [0.29, 0.717) is 6.61 Å². The molecule has 2 rings (SSSR count). The van der Waals surface area contributed by atoms with E-state index in [1.807, 2.05) is 12.1 Å². The molecule has 0 aliphatic carbocycles. The number of aliphatic hydroxyl groups is 1. The van der Waals surface area contributed by atoms with E-state index in [0.717, 1.165) is 24.3 Å². The van der Waals surface area contributed by atoms with Crippen LogP contribution in [0.4, 0.5) is 0 Å². The molecule has 4 heteroatoms. The number of hydrogen-bond acceptors (Lipinski definition) is 4. The summed E-state index contributed by atoms with van der Waals surface area (Å²) in [7, 11) is 0. The number of aliphatic hydroxyl groups excluding tert-OH is 1. The number of benzene rings is 1. The molecule has 1 unspecified atom stereocenters. The smallest absolute Gasteiger partial charge is 0.122 e. The number of rotatable bonds is 5. The van der Waals surface area contributed by atoms with Gasteiger partial charge < -0.3 is 20.3 Å². The first-order valence-corrected chi connectivity index (χ1v) is 5.50. The van der Waals surface area contributed by atoms with Crippen LogP contribution in [0.3, 0.4) is 0 Å². The highest BCUT2D eigenvalue weighted by Gasteiger charge is 2.11. The zero-order chi connectivity index (χ0) is 11.4. The standard InChI is InChI=1S/C12H17NO3/c13-6-11(14)8-15-7-9-1-2-12-10(5-9)3-4-16-12/h1-2,5,11,14H,3-4,6-8,13H2. The Morgan fingerprint density at radius 3 is 3.19 bits per heavy atom. The van der Waals surface area contributed by atoms with Gasteiger partial charge in [0.1, 0.15) is 5.75 Å². The van der Waals surface area contributed by atoms with Crippen LogP contribution in [0.5, 0.6) is 5.75 Å². The van der Waals surface area contributed by atoms with Crippen molar-refractivity contribution in [1.82, 2.24) is 0 Å². The topological polar surface area (TPSA) is 64.7 Å². The maximum Gasteiger partial charge on any atom is 0.122 e. The van der Waals surface area contributed by atoms with Crippen LogP contribution < -0.4 is 10.5 Å². The summed E-state index contributed by atoms with van der Waals surface area (Å²) in [4.78, 5) is 0. The molecule has 4 nitrogen and oxygen atoms in total. The van der Waals surface area contributed by atoms with Crippen molar-refractivity contribution in [2.75, 3.05) is 19.8 Å². The molecular weight excluding hydrogens is 206 g/mol. The van der Waals surface area contributed by atoms with Crippen molar-refractivity contribution in [3.63, 3.8) is 0 Å². The Bertz CT molecular complexity index is 354. The second-order valence-electron chi connectivity index (χ2n) is 3.95. The summed E-state index contributed by atoms with van der Waals surface area (Å²) in [6.45, 7) is 1.79. The Balaban J connectivity index is 1.86. The molecule has 0 amide bonds. The van der Waals surface area contributed by atoms with Crippen LogP contribution in [-0.4, -0.2) is 31.0 Å². The molecule has 1 atom stereocenters. The summed E-state index contributed by atoms with van der Waals surface area (Å²) in [5, 5.41) is 9.22. The fourth-order valence-electron chi connectivity index (χ4n) is 1.71. The van der Waals surface area contributed by atoms with Gasteiger partial charge in [-0.2, -0.15) is 0 Å². The molecule has 16 heavy (non-hydrogen) atoms. The van der Waals surface area contributed by atoms with Crippen molar-refractivity contribution in [3.05, 3.63) is 29.3 Å². The van der Waals surface area contributed by atoms with Gasteiger partial charge in [-0.1, -0.05) is 6.07 Å². The highest BCUT2D eigenvalue weighted by Crippen LogP contribution is 2.25. The zero-order valence-corrected chi connectivity index (χ0v) is 9.19. The van der Waals surface area contributed by atoms with Gasteiger partial charge in [-0.25, -0.2) is 0 Å². The van der Waals surface area contributed by atoms with Crippen molar-refractivity contribution >= 4 is 0 Å². The van der Waals surface area contributed by atoms with E-state index in [-0.39, 0.29) is 13.2 Å². The van der Waals surface area contributed by atoms with Crippen LogP contribution in [0.2, 0.25) is 0 Å². The lowest BCUT2D eigenvalue weighted by Gasteiger charge is -2.09. The monoisotopic (exact) mass is 223 g/mol. The average Bonchev–Trinajstić information content (AvgIpc) is 2.76. The molecule has 0 radical (unpaired) electrons. The number of nitrogens with two attached hydrogens (primary N) is 1. The molecule has 1 aliphatic rings. The van der Waals surface area contributed by atoms with E-state index in [4.69, 9.17) is 15.2 Å². The SMILES string of the molecule is NCC(O)COCc1ccc2c(c1)CCO2. The molecule has 0 fully saturated rings. The Morgan fingerprint density at radius 1 is 1.50 bits per heavy atom. The van der Waals surface area contributed by atoms with E-state index >= 15 is 0 Å². The van der Waals surface area contributed by atoms with Gasteiger partial charge in [0.05, 0.1) is 25.9 Å². The largest absolute Gasteiger partial charge is 0.493 e. The number of ether oxygens (including phenoxy) is 2. The quantitative estimate of drug-likeness (QED) is 0.761. The van der Waals surface area contributed by atoms with Crippen molar-refractivity contribution in [1.29, 1.82) is 0 Å². The number of hydrogen-bond donors (Lipinski definition) is 2. The van der Waals surface area contributed by atoms with Crippen LogP contribution in [0.15, 0.2) is 18.2 Å². The third-order valence-electron chi connectivity index (χ3n) is 2.60. The maximum absolute atomic E-state index is 9.22. The van der Waals surface area contributed by atoms with Crippen LogP contribution in [0, 0.1) is 0 Å². The van der Waals surface area contributed by atoms with Crippen molar-refractivity contribution in [2.24, 2.45) is 5.73 Å². The van der Waals surface area contributed by atoms with Crippen LogP contribution >= 0.6 is 0 Å². The van der Waals surface area contributed by atoms with Crippen LogP contribution in [0.1, 0.15) is 11.1 Å². The molecule has 0 saturated heterocycles. The normalized spacial score (nSPS) is 15.6. The molecule has 0 spiro atoms. The second kappa shape index (κ2) is 5.30. The maximum atomic E-state index is 9.22. The molecule has 0 bridgehead atoms. The molecule has 0 aromatic heterocycles. The van der Waals surface area contributed by atoms with E-state index in [2.05, 4.69) is 6.07 Å². The summed E-state index contributed by atoms with van der Waals surface area (Å²) in [5.41, 5.74) is 7.62. The van der Waals surface area contributed by atoms with E-state index < -0.39 is 6.10 Å². The fraction of sp³-hybridized carbons (Fsp3) is 0.500. The number of fused-ring (bicyclic) bond motifs is 1. The first kappa shape index (κ1) is 11.4. The summed E-state index contributed by atoms with van der Waals surface area (Å²) < 4.78 is 10.8. The Hall–Kier alpha value is -1.10. The lowest BCUT2D eigenvalue weighted by atomic mass is 10.1. The summed E-state index contributed by atoms with van der Waals surface area (Å²) in [6.07, 6.45) is 0.395. The van der Waals surface area contributed by atoms with Crippen molar-refractivity contribution in [3.8, 4) is 5.75 Å². The molecular formula is C12H17NO3. The van der Waals surface area contributed by atoms with Gasteiger partial charge >= 0.3 is 0 Å². The molecule has 1 heterocycles. The van der Waals surface area contributed by atoms with Crippen LogP contribution in [0.25, 0.3) is 0 Å². The predicted molar refractivity (Wildman–Crippen MR) is 60.4 cm³/mol. The first-order chi connectivity index (χ1) is 7.79. The molecule has 1 aromatic rings. The molecule has 1 aromatic carbocycles.